The number of carbonyl (C=O) groups excluding carboxylic acids is 1. The van der Waals surface area contributed by atoms with Crippen LogP contribution in [-0.4, -0.2) is 17.3 Å². The lowest BCUT2D eigenvalue weighted by atomic mass is 10.1. The van der Waals surface area contributed by atoms with Crippen LogP contribution in [0.2, 0.25) is 0 Å². The van der Waals surface area contributed by atoms with E-state index in [0.29, 0.717) is 16.3 Å². The van der Waals surface area contributed by atoms with E-state index in [4.69, 9.17) is 4.42 Å². The van der Waals surface area contributed by atoms with E-state index in [1.54, 1.807) is 12.3 Å². The molecule has 1 heterocycles. The van der Waals surface area contributed by atoms with Gasteiger partial charge >= 0.3 is 0 Å². The topological polar surface area (TPSA) is 42.2 Å². The average molecular weight is 300 g/mol. The van der Waals surface area contributed by atoms with Crippen molar-refractivity contribution in [1.82, 2.24) is 5.32 Å². The number of aryl methyl sites for hydroxylation is 1. The van der Waals surface area contributed by atoms with Gasteiger partial charge < -0.3 is 9.73 Å². The summed E-state index contributed by atoms with van der Waals surface area (Å²) in [6, 6.07) is 1.75. The molecular weight excluding hydrogens is 282 g/mol. The Bertz CT molecular complexity index is 389. The predicted molar refractivity (Wildman–Crippen MR) is 70.5 cm³/mol. The molecule has 1 fully saturated rings. The Morgan fingerprint density at radius 1 is 1.59 bits per heavy atom. The monoisotopic (exact) mass is 299 g/mol. The molecule has 1 aliphatic carbocycles. The molecule has 2 unspecified atom stereocenters. The van der Waals surface area contributed by atoms with Crippen molar-refractivity contribution >= 4 is 21.8 Å². The van der Waals surface area contributed by atoms with E-state index in [2.05, 4.69) is 21.2 Å². The number of alkyl halides is 1. The summed E-state index contributed by atoms with van der Waals surface area (Å²) in [6.07, 6.45) is 5.90. The van der Waals surface area contributed by atoms with Gasteiger partial charge in [0.15, 0.2) is 0 Å². The standard InChI is InChI=1S/C13H18BrNO2/c1-2-12-11(5-6-17-12)13(16)15-8-9-3-4-10(14)7-9/h5-6,9-10H,2-4,7-8H2,1H3,(H,15,16). The maximum absolute atomic E-state index is 11.9. The van der Waals surface area contributed by atoms with E-state index < -0.39 is 0 Å². The zero-order valence-electron chi connectivity index (χ0n) is 10.0. The number of furan rings is 1. The van der Waals surface area contributed by atoms with Gasteiger partial charge in [-0.15, -0.1) is 0 Å². The van der Waals surface area contributed by atoms with Crippen LogP contribution in [0, 0.1) is 5.92 Å². The van der Waals surface area contributed by atoms with Gasteiger partial charge in [0.25, 0.3) is 5.91 Å². The Labute approximate surface area is 110 Å². The highest BCUT2D eigenvalue weighted by Gasteiger charge is 2.23. The van der Waals surface area contributed by atoms with Crippen LogP contribution >= 0.6 is 15.9 Å². The third-order valence-corrected chi connectivity index (χ3v) is 4.17. The Balaban J connectivity index is 1.85. The Morgan fingerprint density at radius 3 is 3.06 bits per heavy atom. The van der Waals surface area contributed by atoms with Gasteiger partial charge in [-0.05, 0) is 31.2 Å². The summed E-state index contributed by atoms with van der Waals surface area (Å²) in [4.78, 5) is 12.6. The first kappa shape index (κ1) is 12.7. The fourth-order valence-electron chi connectivity index (χ4n) is 2.35. The summed E-state index contributed by atoms with van der Waals surface area (Å²) in [6.45, 7) is 2.76. The molecule has 0 saturated heterocycles. The molecule has 3 nitrogen and oxygen atoms in total. The SMILES string of the molecule is CCc1occc1C(=O)NCC1CCC(Br)C1. The summed E-state index contributed by atoms with van der Waals surface area (Å²) >= 11 is 3.62. The molecule has 0 bridgehead atoms. The highest BCUT2D eigenvalue weighted by molar-refractivity contribution is 9.09. The lowest BCUT2D eigenvalue weighted by molar-refractivity contribution is 0.0945. The molecule has 1 aliphatic rings. The van der Waals surface area contributed by atoms with E-state index in [1.165, 1.54) is 12.8 Å². The minimum atomic E-state index is -0.00591. The molecule has 0 radical (unpaired) electrons. The zero-order valence-corrected chi connectivity index (χ0v) is 11.6. The molecule has 2 rings (SSSR count). The number of amides is 1. The van der Waals surface area contributed by atoms with Gasteiger partial charge in [-0.3, -0.25) is 4.79 Å². The fraction of sp³-hybridized carbons (Fsp3) is 0.615. The molecule has 2 atom stereocenters. The molecule has 1 aromatic rings. The highest BCUT2D eigenvalue weighted by Crippen LogP contribution is 2.30. The Hall–Kier alpha value is -0.770. The maximum Gasteiger partial charge on any atom is 0.254 e. The van der Waals surface area contributed by atoms with Crippen molar-refractivity contribution in [1.29, 1.82) is 0 Å². The summed E-state index contributed by atoms with van der Waals surface area (Å²) in [5, 5.41) is 3.00. The van der Waals surface area contributed by atoms with Crippen molar-refractivity contribution in [2.45, 2.75) is 37.4 Å². The van der Waals surface area contributed by atoms with Gasteiger partial charge in [-0.1, -0.05) is 22.9 Å². The summed E-state index contributed by atoms with van der Waals surface area (Å²) in [7, 11) is 0. The van der Waals surface area contributed by atoms with Gasteiger partial charge in [0.2, 0.25) is 0 Å². The van der Waals surface area contributed by atoms with Crippen LogP contribution < -0.4 is 5.32 Å². The summed E-state index contributed by atoms with van der Waals surface area (Å²) in [5.74, 6) is 1.38. The van der Waals surface area contributed by atoms with Crippen LogP contribution in [0.25, 0.3) is 0 Å². The van der Waals surface area contributed by atoms with Crippen LogP contribution in [0.4, 0.5) is 0 Å². The van der Waals surface area contributed by atoms with E-state index in [-0.39, 0.29) is 5.91 Å². The molecule has 1 saturated carbocycles. The first-order valence-electron chi connectivity index (χ1n) is 6.19. The molecule has 4 heteroatoms. The summed E-state index contributed by atoms with van der Waals surface area (Å²) in [5.41, 5.74) is 0.681. The lowest BCUT2D eigenvalue weighted by Crippen LogP contribution is -2.28. The lowest BCUT2D eigenvalue weighted by Gasteiger charge is -2.10. The van der Waals surface area contributed by atoms with Crippen molar-refractivity contribution in [3.05, 3.63) is 23.7 Å². The van der Waals surface area contributed by atoms with E-state index in [0.717, 1.165) is 25.1 Å². The van der Waals surface area contributed by atoms with Crippen LogP contribution in [-0.2, 0) is 6.42 Å². The van der Waals surface area contributed by atoms with Crippen LogP contribution in [0.5, 0.6) is 0 Å². The molecule has 0 aliphatic heterocycles. The molecule has 17 heavy (non-hydrogen) atoms. The zero-order chi connectivity index (χ0) is 12.3. The molecule has 1 amide bonds. The number of hydrogen-bond donors (Lipinski definition) is 1. The first-order valence-corrected chi connectivity index (χ1v) is 7.11. The number of nitrogens with one attached hydrogen (secondary N) is 1. The molecule has 0 spiro atoms. The number of halogens is 1. The van der Waals surface area contributed by atoms with E-state index >= 15 is 0 Å². The number of hydrogen-bond acceptors (Lipinski definition) is 2. The van der Waals surface area contributed by atoms with Crippen LogP contribution in [0.3, 0.4) is 0 Å². The second-order valence-electron chi connectivity index (χ2n) is 4.60. The predicted octanol–water partition coefficient (Wildman–Crippen LogP) is 3.14. The quantitative estimate of drug-likeness (QED) is 0.868. The Kier molecular flexibility index (Phi) is 4.26. The van der Waals surface area contributed by atoms with Crippen molar-refractivity contribution in [2.75, 3.05) is 6.54 Å². The average Bonchev–Trinajstić information content (AvgIpc) is 2.94. The minimum Gasteiger partial charge on any atom is -0.469 e. The summed E-state index contributed by atoms with van der Waals surface area (Å²) < 4.78 is 5.26. The van der Waals surface area contributed by atoms with Gasteiger partial charge in [-0.2, -0.15) is 0 Å². The molecule has 1 N–H and O–H groups in total. The number of rotatable bonds is 4. The second-order valence-corrected chi connectivity index (χ2v) is 5.89. The van der Waals surface area contributed by atoms with Crippen molar-refractivity contribution < 1.29 is 9.21 Å². The van der Waals surface area contributed by atoms with Crippen molar-refractivity contribution in [2.24, 2.45) is 5.92 Å². The second kappa shape index (κ2) is 5.71. The third-order valence-electron chi connectivity index (χ3n) is 3.34. The van der Waals surface area contributed by atoms with E-state index in [9.17, 15) is 4.79 Å². The largest absolute Gasteiger partial charge is 0.469 e. The fourth-order valence-corrected chi connectivity index (χ4v) is 3.14. The normalized spacial score (nSPS) is 23.9. The Morgan fingerprint density at radius 2 is 2.41 bits per heavy atom. The molecule has 1 aromatic heterocycles. The maximum atomic E-state index is 11.9. The van der Waals surface area contributed by atoms with Gasteiger partial charge in [0.05, 0.1) is 11.8 Å². The number of carbonyl (C=O) groups is 1. The van der Waals surface area contributed by atoms with Gasteiger partial charge in [-0.25, -0.2) is 0 Å². The van der Waals surface area contributed by atoms with Crippen LogP contribution in [0.1, 0.15) is 42.3 Å². The molecular formula is C13H18BrNO2. The highest BCUT2D eigenvalue weighted by atomic mass is 79.9. The van der Waals surface area contributed by atoms with Crippen molar-refractivity contribution in [3.8, 4) is 0 Å². The molecule has 0 aromatic carbocycles. The van der Waals surface area contributed by atoms with Gasteiger partial charge in [0.1, 0.15) is 5.76 Å². The smallest absolute Gasteiger partial charge is 0.254 e. The first-order chi connectivity index (χ1) is 8.20. The van der Waals surface area contributed by atoms with Gasteiger partial charge in [0, 0.05) is 17.8 Å². The van der Waals surface area contributed by atoms with Crippen LogP contribution in [0.15, 0.2) is 16.7 Å². The minimum absolute atomic E-state index is 0.00591. The van der Waals surface area contributed by atoms with E-state index in [1.807, 2.05) is 6.92 Å². The molecule has 94 valence electrons. The third kappa shape index (κ3) is 3.12. The van der Waals surface area contributed by atoms with Crippen molar-refractivity contribution in [3.63, 3.8) is 0 Å².